The highest BCUT2D eigenvalue weighted by Gasteiger charge is 2.24. The van der Waals surface area contributed by atoms with Crippen LogP contribution in [0.2, 0.25) is 0 Å². The van der Waals surface area contributed by atoms with Crippen molar-refractivity contribution in [3.05, 3.63) is 34.1 Å². The molecule has 104 valence electrons. The van der Waals surface area contributed by atoms with E-state index >= 15 is 0 Å². The molecule has 1 amide bonds. The molecule has 1 aliphatic rings. The Kier molecular flexibility index (Phi) is 5.28. The van der Waals surface area contributed by atoms with Crippen LogP contribution in [-0.2, 0) is 0 Å². The minimum atomic E-state index is -0.489. The van der Waals surface area contributed by atoms with Crippen molar-refractivity contribution in [2.45, 2.75) is 37.0 Å². The van der Waals surface area contributed by atoms with Gasteiger partial charge in [-0.3, -0.25) is 4.79 Å². The van der Waals surface area contributed by atoms with Gasteiger partial charge < -0.3 is 5.32 Å². The Balaban J connectivity index is 2.02. The lowest BCUT2D eigenvalue weighted by molar-refractivity contribution is 0.0924. The molecule has 0 radical (unpaired) electrons. The third-order valence-corrected chi connectivity index (χ3v) is 5.20. The molecular formula is C14H17BrFNOS. The summed E-state index contributed by atoms with van der Waals surface area (Å²) in [4.78, 5) is 12.1. The molecule has 0 bridgehead atoms. The van der Waals surface area contributed by atoms with Gasteiger partial charge in [-0.1, -0.05) is 12.5 Å². The summed E-state index contributed by atoms with van der Waals surface area (Å²) < 4.78 is 14.2. The summed E-state index contributed by atoms with van der Waals surface area (Å²) in [7, 11) is 0. The summed E-state index contributed by atoms with van der Waals surface area (Å²) in [5.74, 6) is -0.803. The molecule has 0 aliphatic heterocycles. The van der Waals surface area contributed by atoms with Gasteiger partial charge in [0.05, 0.1) is 10.0 Å². The summed E-state index contributed by atoms with van der Waals surface area (Å²) in [6.45, 7) is 0. The first-order valence-corrected chi connectivity index (χ1v) is 8.47. The van der Waals surface area contributed by atoms with E-state index in [0.29, 0.717) is 9.72 Å². The number of halogens is 2. The lowest BCUT2D eigenvalue weighted by Crippen LogP contribution is -2.39. The molecule has 1 aromatic rings. The van der Waals surface area contributed by atoms with Crippen LogP contribution in [0.1, 0.15) is 36.0 Å². The summed E-state index contributed by atoms with van der Waals surface area (Å²) in [6, 6.07) is 4.95. The van der Waals surface area contributed by atoms with Gasteiger partial charge in [-0.05, 0) is 53.6 Å². The molecule has 0 heterocycles. The second-order valence-corrected chi connectivity index (χ2v) is 6.79. The number of rotatable bonds is 3. The number of amides is 1. The number of carbonyl (C=O) groups excluding carboxylic acids is 1. The molecule has 0 spiro atoms. The lowest BCUT2D eigenvalue weighted by atomic mass is 9.94. The van der Waals surface area contributed by atoms with E-state index in [1.165, 1.54) is 12.5 Å². The number of hydrogen-bond donors (Lipinski definition) is 1. The van der Waals surface area contributed by atoms with E-state index < -0.39 is 5.82 Å². The maximum absolute atomic E-state index is 13.8. The molecule has 1 aromatic carbocycles. The van der Waals surface area contributed by atoms with Gasteiger partial charge in [0, 0.05) is 11.3 Å². The number of benzene rings is 1. The minimum absolute atomic E-state index is 0.112. The Morgan fingerprint density at radius 3 is 3.00 bits per heavy atom. The van der Waals surface area contributed by atoms with Crippen molar-refractivity contribution in [1.29, 1.82) is 0 Å². The molecule has 1 aliphatic carbocycles. The molecule has 1 N–H and O–H groups in total. The van der Waals surface area contributed by atoms with E-state index in [9.17, 15) is 9.18 Å². The minimum Gasteiger partial charge on any atom is -0.349 e. The highest BCUT2D eigenvalue weighted by Crippen LogP contribution is 2.27. The van der Waals surface area contributed by atoms with Crippen LogP contribution in [0.15, 0.2) is 22.7 Å². The van der Waals surface area contributed by atoms with Gasteiger partial charge in [-0.2, -0.15) is 11.8 Å². The van der Waals surface area contributed by atoms with Crippen LogP contribution in [0, 0.1) is 5.82 Å². The molecule has 1 saturated carbocycles. The number of hydrogen-bond acceptors (Lipinski definition) is 2. The van der Waals surface area contributed by atoms with Gasteiger partial charge in [-0.25, -0.2) is 4.39 Å². The van der Waals surface area contributed by atoms with E-state index in [1.54, 1.807) is 12.1 Å². The Morgan fingerprint density at radius 1 is 1.47 bits per heavy atom. The number of carbonyl (C=O) groups is 1. The predicted molar refractivity (Wildman–Crippen MR) is 81.1 cm³/mol. The van der Waals surface area contributed by atoms with Crippen molar-refractivity contribution < 1.29 is 9.18 Å². The first-order chi connectivity index (χ1) is 9.11. The van der Waals surface area contributed by atoms with Crippen LogP contribution >= 0.6 is 27.7 Å². The molecule has 19 heavy (non-hydrogen) atoms. The van der Waals surface area contributed by atoms with Gasteiger partial charge in [0.1, 0.15) is 5.82 Å². The van der Waals surface area contributed by atoms with Gasteiger partial charge in [-0.15, -0.1) is 0 Å². The second kappa shape index (κ2) is 6.75. The molecule has 2 atom stereocenters. The Labute approximate surface area is 125 Å². The molecule has 2 rings (SSSR count). The maximum Gasteiger partial charge on any atom is 0.254 e. The van der Waals surface area contributed by atoms with Gasteiger partial charge in [0.2, 0.25) is 0 Å². The average molecular weight is 346 g/mol. The average Bonchev–Trinajstić information content (AvgIpc) is 2.42. The van der Waals surface area contributed by atoms with Gasteiger partial charge >= 0.3 is 0 Å². The second-order valence-electron chi connectivity index (χ2n) is 4.80. The van der Waals surface area contributed by atoms with Crippen molar-refractivity contribution >= 4 is 33.6 Å². The standard InChI is InChI=1S/C14H17BrFNOS/c1-19-10-5-2-4-9(8-10)17-14(18)11-6-3-7-12(15)13(11)16/h3,6-7,9-10H,2,4-5,8H2,1H3,(H,17,18). The molecule has 1 fully saturated rings. The Bertz CT molecular complexity index is 469. The summed E-state index contributed by atoms with van der Waals surface area (Å²) in [5, 5.41) is 3.56. The third-order valence-electron chi connectivity index (χ3n) is 3.49. The predicted octanol–water partition coefficient (Wildman–Crippen LogP) is 3.99. The summed E-state index contributed by atoms with van der Waals surface area (Å²) in [6.07, 6.45) is 6.39. The lowest BCUT2D eigenvalue weighted by Gasteiger charge is -2.28. The Morgan fingerprint density at radius 2 is 2.26 bits per heavy atom. The van der Waals surface area contributed by atoms with Crippen molar-refractivity contribution in [3.8, 4) is 0 Å². The van der Waals surface area contributed by atoms with Crippen molar-refractivity contribution in [3.63, 3.8) is 0 Å². The first-order valence-electron chi connectivity index (χ1n) is 6.39. The monoisotopic (exact) mass is 345 g/mol. The zero-order valence-electron chi connectivity index (χ0n) is 10.8. The van der Waals surface area contributed by atoms with Crippen LogP contribution in [0.5, 0.6) is 0 Å². The van der Waals surface area contributed by atoms with Gasteiger partial charge in [0.15, 0.2) is 0 Å². The molecule has 2 nitrogen and oxygen atoms in total. The maximum atomic E-state index is 13.8. The van der Waals surface area contributed by atoms with Crippen molar-refractivity contribution in [1.82, 2.24) is 5.32 Å². The molecular weight excluding hydrogens is 329 g/mol. The van der Waals surface area contributed by atoms with E-state index in [4.69, 9.17) is 0 Å². The topological polar surface area (TPSA) is 29.1 Å². The number of thioether (sulfide) groups is 1. The highest BCUT2D eigenvalue weighted by atomic mass is 79.9. The van der Waals surface area contributed by atoms with Crippen LogP contribution in [0.3, 0.4) is 0 Å². The van der Waals surface area contributed by atoms with Crippen molar-refractivity contribution in [2.24, 2.45) is 0 Å². The summed E-state index contributed by atoms with van der Waals surface area (Å²) >= 11 is 4.95. The number of nitrogens with one attached hydrogen (secondary N) is 1. The van der Waals surface area contributed by atoms with Crippen LogP contribution in [0.25, 0.3) is 0 Å². The van der Waals surface area contributed by atoms with Crippen LogP contribution in [0.4, 0.5) is 4.39 Å². The van der Waals surface area contributed by atoms with E-state index in [0.717, 1.165) is 19.3 Å². The largest absolute Gasteiger partial charge is 0.349 e. The molecule has 0 saturated heterocycles. The fraction of sp³-hybridized carbons (Fsp3) is 0.500. The van der Waals surface area contributed by atoms with E-state index in [1.807, 2.05) is 11.8 Å². The zero-order valence-corrected chi connectivity index (χ0v) is 13.2. The van der Waals surface area contributed by atoms with Crippen molar-refractivity contribution in [2.75, 3.05) is 6.26 Å². The highest BCUT2D eigenvalue weighted by molar-refractivity contribution is 9.10. The van der Waals surface area contributed by atoms with Crippen LogP contribution in [-0.4, -0.2) is 23.5 Å². The van der Waals surface area contributed by atoms with E-state index in [-0.39, 0.29) is 17.5 Å². The smallest absolute Gasteiger partial charge is 0.254 e. The summed E-state index contributed by atoms with van der Waals surface area (Å²) in [5.41, 5.74) is 0.112. The molecule has 0 aromatic heterocycles. The SMILES string of the molecule is CSC1CCCC(NC(=O)c2cccc(Br)c2F)C1. The quantitative estimate of drug-likeness (QED) is 0.897. The van der Waals surface area contributed by atoms with Gasteiger partial charge in [0.25, 0.3) is 5.91 Å². The zero-order chi connectivity index (χ0) is 13.8. The first kappa shape index (κ1) is 14.9. The van der Waals surface area contributed by atoms with E-state index in [2.05, 4.69) is 27.5 Å². The normalized spacial score (nSPS) is 23.1. The molecule has 5 heteroatoms. The molecule has 2 unspecified atom stereocenters. The third kappa shape index (κ3) is 3.72. The van der Waals surface area contributed by atoms with Crippen LogP contribution < -0.4 is 5.32 Å². The fourth-order valence-corrected chi connectivity index (χ4v) is 3.63. The Hall–Kier alpha value is -0.550. The fourth-order valence-electron chi connectivity index (χ4n) is 2.43.